The standard InChI is InChI=1S/C28H38N4O5/c1-18(2)32(26(35)22(16-23(29)33)31-27(36)37-28(4,5)6)24(21-15-11-10-12-19(21)3)25(34)30-17-20-13-8-7-9-14-20/h7-15,18,22,24H,16-17H2,1-6H3,(H2,29,33)(H,30,34)(H,31,36). The van der Waals surface area contributed by atoms with Crippen molar-refractivity contribution >= 4 is 23.8 Å². The number of primary amides is 1. The molecule has 0 aliphatic rings. The normalized spacial score (nSPS) is 12.8. The van der Waals surface area contributed by atoms with Crippen molar-refractivity contribution in [2.45, 2.75) is 78.2 Å². The van der Waals surface area contributed by atoms with Crippen molar-refractivity contribution in [3.63, 3.8) is 0 Å². The van der Waals surface area contributed by atoms with E-state index in [1.54, 1.807) is 46.8 Å². The number of amides is 4. The fourth-order valence-electron chi connectivity index (χ4n) is 3.90. The predicted molar refractivity (Wildman–Crippen MR) is 141 cm³/mol. The van der Waals surface area contributed by atoms with E-state index in [9.17, 15) is 19.2 Å². The minimum absolute atomic E-state index is 0.267. The molecule has 9 heteroatoms. The molecule has 200 valence electrons. The zero-order valence-corrected chi connectivity index (χ0v) is 22.4. The van der Waals surface area contributed by atoms with Crippen LogP contribution in [0.4, 0.5) is 4.79 Å². The van der Waals surface area contributed by atoms with Crippen molar-refractivity contribution < 1.29 is 23.9 Å². The number of carbonyl (C=O) groups is 4. The molecule has 0 radical (unpaired) electrons. The number of ether oxygens (including phenoxy) is 1. The number of nitrogens with zero attached hydrogens (tertiary/aromatic N) is 1. The SMILES string of the molecule is Cc1ccccc1C(C(=O)NCc1ccccc1)N(C(=O)C(CC(N)=O)NC(=O)OC(C)(C)C)C(C)C. The maximum absolute atomic E-state index is 13.9. The number of nitrogens with one attached hydrogen (secondary N) is 2. The van der Waals surface area contributed by atoms with E-state index in [0.29, 0.717) is 5.56 Å². The van der Waals surface area contributed by atoms with Crippen LogP contribution in [0, 0.1) is 6.92 Å². The highest BCUT2D eigenvalue weighted by Gasteiger charge is 2.38. The summed E-state index contributed by atoms with van der Waals surface area (Å²) in [5, 5.41) is 5.40. The first kappa shape index (κ1) is 29.4. The first-order valence-electron chi connectivity index (χ1n) is 12.3. The van der Waals surface area contributed by atoms with Gasteiger partial charge in [0.2, 0.25) is 17.7 Å². The van der Waals surface area contributed by atoms with E-state index < -0.39 is 54.0 Å². The number of rotatable bonds is 10. The second-order valence-corrected chi connectivity index (χ2v) is 10.2. The highest BCUT2D eigenvalue weighted by atomic mass is 16.6. The second-order valence-electron chi connectivity index (χ2n) is 10.2. The zero-order valence-electron chi connectivity index (χ0n) is 22.4. The summed E-state index contributed by atoms with van der Waals surface area (Å²) in [4.78, 5) is 53.3. The third-order valence-corrected chi connectivity index (χ3v) is 5.52. The molecule has 2 rings (SSSR count). The monoisotopic (exact) mass is 510 g/mol. The smallest absolute Gasteiger partial charge is 0.408 e. The Morgan fingerprint density at radius 2 is 1.57 bits per heavy atom. The van der Waals surface area contributed by atoms with Crippen molar-refractivity contribution in [2.24, 2.45) is 5.73 Å². The lowest BCUT2D eigenvalue weighted by molar-refractivity contribution is -0.145. The van der Waals surface area contributed by atoms with Crippen LogP contribution in [0.2, 0.25) is 0 Å². The fourth-order valence-corrected chi connectivity index (χ4v) is 3.90. The van der Waals surface area contributed by atoms with Crippen LogP contribution in [-0.2, 0) is 25.7 Å². The van der Waals surface area contributed by atoms with Crippen molar-refractivity contribution in [3.05, 3.63) is 71.3 Å². The molecular weight excluding hydrogens is 472 g/mol. The van der Waals surface area contributed by atoms with Gasteiger partial charge < -0.3 is 26.0 Å². The summed E-state index contributed by atoms with van der Waals surface area (Å²) < 4.78 is 5.29. The van der Waals surface area contributed by atoms with E-state index in [-0.39, 0.29) is 6.54 Å². The van der Waals surface area contributed by atoms with Crippen molar-refractivity contribution in [2.75, 3.05) is 0 Å². The number of aryl methyl sites for hydroxylation is 1. The van der Waals surface area contributed by atoms with E-state index in [1.165, 1.54) is 4.90 Å². The molecule has 0 heterocycles. The van der Waals surface area contributed by atoms with Gasteiger partial charge in [0.15, 0.2) is 0 Å². The maximum Gasteiger partial charge on any atom is 0.408 e. The van der Waals surface area contributed by atoms with Crippen LogP contribution in [0.5, 0.6) is 0 Å². The van der Waals surface area contributed by atoms with Gasteiger partial charge in [0.1, 0.15) is 17.7 Å². The third kappa shape index (κ3) is 8.93. The molecule has 4 N–H and O–H groups in total. The zero-order chi connectivity index (χ0) is 27.8. The molecule has 0 saturated heterocycles. The molecular formula is C28H38N4O5. The molecule has 2 aromatic rings. The number of alkyl carbamates (subject to hydrolysis) is 1. The minimum Gasteiger partial charge on any atom is -0.444 e. The van der Waals surface area contributed by atoms with E-state index in [0.717, 1.165) is 11.1 Å². The van der Waals surface area contributed by atoms with Crippen LogP contribution < -0.4 is 16.4 Å². The Morgan fingerprint density at radius 1 is 0.973 bits per heavy atom. The van der Waals surface area contributed by atoms with Gasteiger partial charge in [-0.15, -0.1) is 0 Å². The minimum atomic E-state index is -1.32. The highest BCUT2D eigenvalue weighted by molar-refractivity contribution is 5.94. The molecule has 0 spiro atoms. The van der Waals surface area contributed by atoms with Gasteiger partial charge in [-0.25, -0.2) is 4.79 Å². The number of benzene rings is 2. The van der Waals surface area contributed by atoms with Gasteiger partial charge in [0.25, 0.3) is 0 Å². The van der Waals surface area contributed by atoms with Gasteiger partial charge in [0.05, 0.1) is 6.42 Å². The average Bonchev–Trinajstić information content (AvgIpc) is 2.79. The Kier molecular flexibility index (Phi) is 10.2. The molecule has 0 aromatic heterocycles. The van der Waals surface area contributed by atoms with Crippen molar-refractivity contribution in [1.29, 1.82) is 0 Å². The summed E-state index contributed by atoms with van der Waals surface area (Å²) in [7, 11) is 0. The molecule has 37 heavy (non-hydrogen) atoms. The molecule has 0 aliphatic carbocycles. The molecule has 4 amide bonds. The first-order chi connectivity index (χ1) is 17.3. The van der Waals surface area contributed by atoms with Crippen LogP contribution in [0.25, 0.3) is 0 Å². The van der Waals surface area contributed by atoms with Crippen LogP contribution in [0.1, 0.15) is 63.8 Å². The molecule has 2 unspecified atom stereocenters. The van der Waals surface area contributed by atoms with E-state index in [1.807, 2.05) is 49.4 Å². The first-order valence-corrected chi connectivity index (χ1v) is 12.3. The summed E-state index contributed by atoms with van der Waals surface area (Å²) >= 11 is 0. The number of nitrogens with two attached hydrogens (primary N) is 1. The van der Waals surface area contributed by atoms with Gasteiger partial charge >= 0.3 is 6.09 Å². The predicted octanol–water partition coefficient (Wildman–Crippen LogP) is 3.36. The van der Waals surface area contributed by atoms with Crippen LogP contribution in [0.15, 0.2) is 54.6 Å². The van der Waals surface area contributed by atoms with E-state index >= 15 is 0 Å². The summed E-state index contributed by atoms with van der Waals surface area (Å²) in [6.45, 7) is 10.7. The number of hydrogen-bond acceptors (Lipinski definition) is 5. The Labute approximate surface area is 218 Å². The largest absolute Gasteiger partial charge is 0.444 e. The summed E-state index contributed by atoms with van der Waals surface area (Å²) in [6.07, 6.45) is -1.32. The Hall–Kier alpha value is -3.88. The van der Waals surface area contributed by atoms with E-state index in [2.05, 4.69) is 10.6 Å². The summed E-state index contributed by atoms with van der Waals surface area (Å²) in [6, 6.07) is 13.9. The lowest BCUT2D eigenvalue weighted by Crippen LogP contribution is -2.56. The maximum atomic E-state index is 13.9. The number of carbonyl (C=O) groups excluding carboxylic acids is 4. The average molecular weight is 511 g/mol. The van der Waals surface area contributed by atoms with Gasteiger partial charge in [0, 0.05) is 12.6 Å². The number of hydrogen-bond donors (Lipinski definition) is 3. The van der Waals surface area contributed by atoms with Crippen molar-refractivity contribution in [3.8, 4) is 0 Å². The third-order valence-electron chi connectivity index (χ3n) is 5.52. The van der Waals surface area contributed by atoms with Gasteiger partial charge in [-0.3, -0.25) is 14.4 Å². The molecule has 0 fully saturated rings. The van der Waals surface area contributed by atoms with Crippen LogP contribution in [-0.4, -0.2) is 46.4 Å². The topological polar surface area (TPSA) is 131 Å². The lowest BCUT2D eigenvalue weighted by atomic mass is 9.96. The Bertz CT molecular complexity index is 1100. The van der Waals surface area contributed by atoms with Crippen LogP contribution in [0.3, 0.4) is 0 Å². The molecule has 2 atom stereocenters. The molecule has 2 aromatic carbocycles. The second kappa shape index (κ2) is 12.9. The van der Waals surface area contributed by atoms with E-state index in [4.69, 9.17) is 10.5 Å². The summed E-state index contributed by atoms with van der Waals surface area (Å²) in [5.74, 6) is -1.79. The molecule has 0 saturated carbocycles. The lowest BCUT2D eigenvalue weighted by Gasteiger charge is -2.37. The summed E-state index contributed by atoms with van der Waals surface area (Å²) in [5.41, 5.74) is 6.94. The van der Waals surface area contributed by atoms with Crippen LogP contribution >= 0.6 is 0 Å². The molecule has 9 nitrogen and oxygen atoms in total. The van der Waals surface area contributed by atoms with Gasteiger partial charge in [-0.05, 0) is 58.2 Å². The fraction of sp³-hybridized carbons (Fsp3) is 0.429. The molecule has 0 bridgehead atoms. The van der Waals surface area contributed by atoms with Gasteiger partial charge in [-0.2, -0.15) is 0 Å². The Balaban J connectivity index is 2.46. The highest BCUT2D eigenvalue weighted by Crippen LogP contribution is 2.28. The van der Waals surface area contributed by atoms with Crippen molar-refractivity contribution in [1.82, 2.24) is 15.5 Å². The molecule has 0 aliphatic heterocycles. The Morgan fingerprint density at radius 3 is 2.11 bits per heavy atom. The van der Waals surface area contributed by atoms with Gasteiger partial charge in [-0.1, -0.05) is 54.6 Å². The quantitative estimate of drug-likeness (QED) is 0.451.